The molecule has 5 aliphatic rings. The molecule has 0 amide bonds. The van der Waals surface area contributed by atoms with Crippen LogP contribution in [-0.4, -0.2) is 34.7 Å². The van der Waals surface area contributed by atoms with Gasteiger partial charge in [-0.2, -0.15) is 0 Å². The van der Waals surface area contributed by atoms with E-state index in [0.717, 1.165) is 44.9 Å². The summed E-state index contributed by atoms with van der Waals surface area (Å²) in [5, 5.41) is 11.5. The van der Waals surface area contributed by atoms with Gasteiger partial charge in [0, 0.05) is 24.8 Å². The Kier molecular flexibility index (Phi) is 4.13. The highest BCUT2D eigenvalue weighted by atomic mass is 16.5. The minimum Gasteiger partial charge on any atom is -0.494 e. The number of carbonyl (C=O) groups is 2. The average Bonchev–Trinajstić information content (AvgIpc) is 2.91. The molecule has 8 atom stereocenters. The van der Waals surface area contributed by atoms with E-state index in [2.05, 4.69) is 19.9 Å². The van der Waals surface area contributed by atoms with Crippen molar-refractivity contribution < 1.29 is 24.2 Å². The van der Waals surface area contributed by atoms with Crippen LogP contribution in [-0.2, 0) is 19.1 Å². The topological polar surface area (TPSA) is 72.8 Å². The van der Waals surface area contributed by atoms with Gasteiger partial charge in [-0.05, 0) is 61.7 Å². The molecule has 5 heteroatoms. The van der Waals surface area contributed by atoms with Crippen LogP contribution in [0.25, 0.3) is 0 Å². The number of aliphatic hydroxyl groups is 1. The van der Waals surface area contributed by atoms with Gasteiger partial charge >= 0.3 is 5.97 Å². The zero-order valence-corrected chi connectivity index (χ0v) is 17.6. The third kappa shape index (κ3) is 2.43. The van der Waals surface area contributed by atoms with Crippen LogP contribution in [0, 0.1) is 28.6 Å². The molecule has 158 valence electrons. The molecule has 0 aromatic rings. The van der Waals surface area contributed by atoms with Crippen LogP contribution in [0.15, 0.2) is 24.0 Å². The third-order valence-corrected chi connectivity index (χ3v) is 9.42. The molecule has 0 bridgehead atoms. The first-order valence-electron chi connectivity index (χ1n) is 11.2. The largest absolute Gasteiger partial charge is 0.494 e. The van der Waals surface area contributed by atoms with Gasteiger partial charge in [-0.3, -0.25) is 9.59 Å². The summed E-state index contributed by atoms with van der Waals surface area (Å²) in [5.74, 6) is 0.907. The summed E-state index contributed by atoms with van der Waals surface area (Å²) in [6.07, 6.45) is 11.2. The summed E-state index contributed by atoms with van der Waals surface area (Å²) in [6.45, 7) is 6.00. The summed E-state index contributed by atoms with van der Waals surface area (Å²) < 4.78 is 11.3. The fourth-order valence-corrected chi connectivity index (χ4v) is 7.88. The summed E-state index contributed by atoms with van der Waals surface area (Å²) >= 11 is 0. The maximum atomic E-state index is 12.8. The molecule has 0 saturated heterocycles. The van der Waals surface area contributed by atoms with Gasteiger partial charge in [0.2, 0.25) is 0 Å². The van der Waals surface area contributed by atoms with Crippen molar-refractivity contribution >= 4 is 11.8 Å². The summed E-state index contributed by atoms with van der Waals surface area (Å²) in [6, 6.07) is 0. The van der Waals surface area contributed by atoms with Crippen molar-refractivity contribution in [1.82, 2.24) is 0 Å². The van der Waals surface area contributed by atoms with E-state index in [1.807, 2.05) is 0 Å². The molecule has 4 aliphatic carbocycles. The van der Waals surface area contributed by atoms with E-state index in [4.69, 9.17) is 9.47 Å². The van der Waals surface area contributed by atoms with Crippen LogP contribution in [0.4, 0.5) is 0 Å². The summed E-state index contributed by atoms with van der Waals surface area (Å²) in [7, 11) is 0. The molecule has 0 radical (unpaired) electrons. The Morgan fingerprint density at radius 1 is 1.24 bits per heavy atom. The van der Waals surface area contributed by atoms with Crippen LogP contribution in [0.5, 0.6) is 0 Å². The first-order valence-corrected chi connectivity index (χ1v) is 11.2. The zero-order chi connectivity index (χ0) is 20.6. The van der Waals surface area contributed by atoms with Gasteiger partial charge in [0.15, 0.2) is 11.4 Å². The molecular weight excluding hydrogens is 368 g/mol. The SMILES string of the molecule is CC(=O)OC1CCC2(C)C(=CCC3C2CCC2(C)C3CC3OC=CC(=O)[C@@]32O)C1. The van der Waals surface area contributed by atoms with E-state index < -0.39 is 17.1 Å². The second-order valence-corrected chi connectivity index (χ2v) is 10.5. The van der Waals surface area contributed by atoms with Gasteiger partial charge in [-0.1, -0.05) is 25.5 Å². The van der Waals surface area contributed by atoms with Crippen molar-refractivity contribution in [3.8, 4) is 0 Å². The second-order valence-electron chi connectivity index (χ2n) is 10.5. The van der Waals surface area contributed by atoms with Gasteiger partial charge in [0.25, 0.3) is 0 Å². The van der Waals surface area contributed by atoms with E-state index in [1.165, 1.54) is 24.8 Å². The summed E-state index contributed by atoms with van der Waals surface area (Å²) in [5.41, 5.74) is -0.254. The lowest BCUT2D eigenvalue weighted by Crippen LogP contribution is -2.60. The van der Waals surface area contributed by atoms with Crippen molar-refractivity contribution in [3.63, 3.8) is 0 Å². The Bertz CT molecular complexity index is 814. The molecule has 3 fully saturated rings. The van der Waals surface area contributed by atoms with E-state index in [1.54, 1.807) is 0 Å². The lowest BCUT2D eigenvalue weighted by molar-refractivity contribution is -0.175. The van der Waals surface area contributed by atoms with Crippen molar-refractivity contribution in [2.24, 2.45) is 28.6 Å². The lowest BCUT2D eigenvalue weighted by atomic mass is 9.46. The molecule has 0 aromatic carbocycles. The van der Waals surface area contributed by atoms with E-state index in [9.17, 15) is 14.7 Å². The predicted molar refractivity (Wildman–Crippen MR) is 107 cm³/mol. The van der Waals surface area contributed by atoms with Gasteiger partial charge in [0.1, 0.15) is 12.2 Å². The van der Waals surface area contributed by atoms with Crippen LogP contribution in [0.2, 0.25) is 0 Å². The fourth-order valence-electron chi connectivity index (χ4n) is 7.88. The Hall–Kier alpha value is -1.62. The van der Waals surface area contributed by atoms with E-state index in [0.29, 0.717) is 11.8 Å². The predicted octanol–water partition coefficient (Wildman–Crippen LogP) is 3.70. The van der Waals surface area contributed by atoms with Gasteiger partial charge in [0.05, 0.1) is 6.26 Å². The molecule has 1 heterocycles. The molecule has 3 saturated carbocycles. The van der Waals surface area contributed by atoms with Crippen molar-refractivity contribution in [2.75, 3.05) is 0 Å². The number of hydrogen-bond donors (Lipinski definition) is 1. The standard InChI is InChI=1S/C24H32O5/c1-14(25)29-16-6-9-22(2)15(12-16)4-5-17-18(22)7-10-23(3)19(17)13-21-24(23,27)20(26)8-11-28-21/h4,8,11,16-19,21,27H,5-7,9-10,12-13H2,1-3H3/t16?,17?,18?,19?,21?,22?,23?,24-/m1/s1. The second kappa shape index (κ2) is 6.19. The molecule has 1 aliphatic heterocycles. The molecule has 5 rings (SSSR count). The first-order chi connectivity index (χ1) is 13.7. The molecule has 0 aromatic heterocycles. The molecule has 5 nitrogen and oxygen atoms in total. The Morgan fingerprint density at radius 3 is 2.79 bits per heavy atom. The maximum Gasteiger partial charge on any atom is 0.302 e. The number of carbonyl (C=O) groups excluding carboxylic acids is 2. The number of fused-ring (bicyclic) bond motifs is 7. The number of allylic oxidation sites excluding steroid dienone is 1. The van der Waals surface area contributed by atoms with E-state index in [-0.39, 0.29) is 29.2 Å². The smallest absolute Gasteiger partial charge is 0.302 e. The zero-order valence-electron chi connectivity index (χ0n) is 17.6. The normalized spacial score (nSPS) is 50.4. The molecule has 29 heavy (non-hydrogen) atoms. The lowest BCUT2D eigenvalue weighted by Gasteiger charge is -2.58. The number of ketones is 1. The number of rotatable bonds is 1. The molecule has 0 spiro atoms. The monoisotopic (exact) mass is 400 g/mol. The molecule has 7 unspecified atom stereocenters. The highest BCUT2D eigenvalue weighted by Crippen LogP contribution is 2.68. The molecule has 1 N–H and O–H groups in total. The number of hydrogen-bond acceptors (Lipinski definition) is 5. The quantitative estimate of drug-likeness (QED) is 0.537. The Labute approximate surface area is 172 Å². The van der Waals surface area contributed by atoms with Crippen LogP contribution < -0.4 is 0 Å². The first kappa shape index (κ1) is 19.3. The van der Waals surface area contributed by atoms with Crippen LogP contribution in [0.1, 0.15) is 65.7 Å². The van der Waals surface area contributed by atoms with Crippen molar-refractivity contribution in [2.45, 2.75) is 83.5 Å². The summed E-state index contributed by atoms with van der Waals surface area (Å²) in [4.78, 5) is 24.2. The maximum absolute atomic E-state index is 12.8. The van der Waals surface area contributed by atoms with Gasteiger partial charge < -0.3 is 14.6 Å². The minimum atomic E-state index is -1.39. The van der Waals surface area contributed by atoms with E-state index >= 15 is 0 Å². The Morgan fingerprint density at radius 2 is 2.03 bits per heavy atom. The van der Waals surface area contributed by atoms with Gasteiger partial charge in [-0.15, -0.1) is 0 Å². The van der Waals surface area contributed by atoms with Gasteiger partial charge in [-0.25, -0.2) is 0 Å². The highest BCUT2D eigenvalue weighted by Gasteiger charge is 2.71. The minimum absolute atomic E-state index is 0.00406. The van der Waals surface area contributed by atoms with Crippen molar-refractivity contribution in [1.29, 1.82) is 0 Å². The average molecular weight is 401 g/mol. The fraction of sp³-hybridized carbons (Fsp3) is 0.750. The van der Waals surface area contributed by atoms with Crippen LogP contribution in [0.3, 0.4) is 0 Å². The highest BCUT2D eigenvalue weighted by molar-refractivity contribution is 5.99. The van der Waals surface area contributed by atoms with Crippen LogP contribution >= 0.6 is 0 Å². The van der Waals surface area contributed by atoms with Crippen molar-refractivity contribution in [3.05, 3.63) is 24.0 Å². The number of esters is 1. The third-order valence-electron chi connectivity index (χ3n) is 9.42. The molecular formula is C24H32O5. The Balaban J connectivity index is 1.46. The number of ether oxygens (including phenoxy) is 2.